The number of nitrogens with zero attached hydrogens (tertiary/aromatic N) is 3. The summed E-state index contributed by atoms with van der Waals surface area (Å²) in [4.78, 5) is 21.0. The number of pyridine rings is 1. The van der Waals surface area contributed by atoms with E-state index in [0.717, 1.165) is 18.5 Å². The van der Waals surface area contributed by atoms with Gasteiger partial charge in [-0.15, -0.1) is 0 Å². The molecule has 3 heterocycles. The van der Waals surface area contributed by atoms with Gasteiger partial charge >= 0.3 is 0 Å². The maximum absolute atomic E-state index is 12.7. The highest BCUT2D eigenvalue weighted by atomic mass is 16.5. The molecule has 0 aliphatic carbocycles. The Hall–Kier alpha value is -3.22. The molecule has 0 saturated heterocycles. The monoisotopic (exact) mass is 364 g/mol. The van der Waals surface area contributed by atoms with E-state index in [1.54, 1.807) is 12.3 Å². The summed E-state index contributed by atoms with van der Waals surface area (Å²) in [6, 6.07) is 7.05. The predicted molar refractivity (Wildman–Crippen MR) is 101 cm³/mol. The Balaban J connectivity index is 1.68. The zero-order chi connectivity index (χ0) is 19.0. The maximum atomic E-state index is 12.7. The number of benzene rings is 1. The largest absolute Gasteiger partial charge is 0.506 e. The topological polar surface area (TPSA) is 101 Å². The third kappa shape index (κ3) is 3.05. The molecule has 2 aromatic heterocycles. The molecule has 7 heteroatoms. The van der Waals surface area contributed by atoms with Gasteiger partial charge in [0.1, 0.15) is 5.75 Å². The number of rotatable bonds is 4. The Bertz CT molecular complexity index is 1010. The van der Waals surface area contributed by atoms with E-state index in [9.17, 15) is 9.90 Å². The summed E-state index contributed by atoms with van der Waals surface area (Å²) >= 11 is 0. The van der Waals surface area contributed by atoms with Gasteiger partial charge in [0, 0.05) is 40.5 Å². The van der Waals surface area contributed by atoms with Gasteiger partial charge in [-0.05, 0) is 37.1 Å². The predicted octanol–water partition coefficient (Wildman–Crippen LogP) is 4.06. The van der Waals surface area contributed by atoms with Crippen LogP contribution in [-0.2, 0) is 0 Å². The van der Waals surface area contributed by atoms with Gasteiger partial charge in [-0.1, -0.05) is 19.0 Å². The highest BCUT2D eigenvalue weighted by Crippen LogP contribution is 2.37. The molecule has 138 valence electrons. The van der Waals surface area contributed by atoms with Crippen LogP contribution >= 0.6 is 0 Å². The van der Waals surface area contributed by atoms with Crippen molar-refractivity contribution in [3.8, 4) is 28.6 Å². The van der Waals surface area contributed by atoms with Gasteiger partial charge in [-0.2, -0.15) is 4.98 Å². The normalized spacial score (nSPS) is 15.3. The van der Waals surface area contributed by atoms with Crippen LogP contribution in [-0.4, -0.2) is 31.6 Å². The van der Waals surface area contributed by atoms with Crippen molar-refractivity contribution in [2.24, 2.45) is 0 Å². The number of hydrogen-bond acceptors (Lipinski definition) is 7. The summed E-state index contributed by atoms with van der Waals surface area (Å²) in [6.07, 6.45) is 5.13. The molecular weight excluding hydrogens is 344 g/mol. The number of carbonyl (C=O) groups excluding carboxylic acids is 1. The van der Waals surface area contributed by atoms with Crippen LogP contribution in [0, 0.1) is 0 Å². The molecule has 0 unspecified atom stereocenters. The number of aromatic nitrogens is 3. The fourth-order valence-electron chi connectivity index (χ4n) is 3.43. The molecule has 0 atom stereocenters. The highest BCUT2D eigenvalue weighted by Gasteiger charge is 2.35. The van der Waals surface area contributed by atoms with Crippen molar-refractivity contribution >= 4 is 11.5 Å². The molecule has 2 N–H and O–H groups in total. The Morgan fingerprint density at radius 2 is 2.00 bits per heavy atom. The van der Waals surface area contributed by atoms with E-state index in [1.165, 1.54) is 12.3 Å². The number of ketones is 1. The number of Topliss-reactive ketones (excluding diaryl/α,β-unsaturated/α-hetero) is 1. The third-order valence-electron chi connectivity index (χ3n) is 5.23. The Labute approximate surface area is 156 Å². The number of aromatic hydroxyl groups is 1. The van der Waals surface area contributed by atoms with E-state index >= 15 is 0 Å². The average Bonchev–Trinajstić information content (AvgIpc) is 3.18. The Morgan fingerprint density at radius 3 is 2.74 bits per heavy atom. The van der Waals surface area contributed by atoms with Crippen molar-refractivity contribution < 1.29 is 14.4 Å². The fourth-order valence-corrected chi connectivity index (χ4v) is 3.43. The van der Waals surface area contributed by atoms with E-state index in [4.69, 9.17) is 4.52 Å². The van der Waals surface area contributed by atoms with Crippen molar-refractivity contribution in [3.05, 3.63) is 42.2 Å². The van der Waals surface area contributed by atoms with Gasteiger partial charge in [0.25, 0.3) is 5.89 Å². The number of hydrogen-bond donors (Lipinski definition) is 2. The van der Waals surface area contributed by atoms with Gasteiger partial charge < -0.3 is 14.9 Å². The second-order valence-corrected chi connectivity index (χ2v) is 6.83. The first-order chi connectivity index (χ1) is 13.0. The van der Waals surface area contributed by atoms with Crippen LogP contribution in [0.25, 0.3) is 22.8 Å². The van der Waals surface area contributed by atoms with Gasteiger partial charge in [-0.3, -0.25) is 9.78 Å². The van der Waals surface area contributed by atoms with E-state index in [-0.39, 0.29) is 17.1 Å². The summed E-state index contributed by atoms with van der Waals surface area (Å²) in [5.41, 5.74) is 2.54. The van der Waals surface area contributed by atoms with Gasteiger partial charge in [-0.25, -0.2) is 0 Å². The number of carbonyl (C=O) groups is 1. The molecule has 1 aliphatic heterocycles. The molecule has 0 amide bonds. The van der Waals surface area contributed by atoms with Crippen molar-refractivity contribution in [2.75, 3.05) is 5.32 Å². The minimum atomic E-state index is -0.175. The molecule has 27 heavy (non-hydrogen) atoms. The smallest absolute Gasteiger partial charge is 0.258 e. The maximum Gasteiger partial charge on any atom is 0.258 e. The van der Waals surface area contributed by atoms with Crippen LogP contribution in [0.15, 0.2) is 41.2 Å². The van der Waals surface area contributed by atoms with Crippen LogP contribution in [0.1, 0.15) is 43.5 Å². The van der Waals surface area contributed by atoms with E-state index in [2.05, 4.69) is 34.3 Å². The summed E-state index contributed by atoms with van der Waals surface area (Å²) in [6.45, 7) is 4.19. The molecule has 0 radical (unpaired) electrons. The van der Waals surface area contributed by atoms with Crippen LogP contribution < -0.4 is 5.32 Å². The third-order valence-corrected chi connectivity index (χ3v) is 5.23. The SMILES string of the molecule is CCC1(CC)CC(=O)c2cc(-c3nc(-c4cncc(O)c4)no3)ccc2N1. The van der Waals surface area contributed by atoms with Gasteiger partial charge in [0.2, 0.25) is 5.82 Å². The second kappa shape index (κ2) is 6.50. The van der Waals surface area contributed by atoms with Crippen LogP contribution in [0.2, 0.25) is 0 Å². The summed E-state index contributed by atoms with van der Waals surface area (Å²) < 4.78 is 5.35. The first-order valence-electron chi connectivity index (χ1n) is 8.97. The van der Waals surface area contributed by atoms with Crippen molar-refractivity contribution in [3.63, 3.8) is 0 Å². The average molecular weight is 364 g/mol. The van der Waals surface area contributed by atoms with Crippen molar-refractivity contribution in [1.29, 1.82) is 0 Å². The molecule has 4 rings (SSSR count). The zero-order valence-electron chi connectivity index (χ0n) is 15.2. The number of fused-ring (bicyclic) bond motifs is 1. The highest BCUT2D eigenvalue weighted by molar-refractivity contribution is 6.05. The molecule has 7 nitrogen and oxygen atoms in total. The lowest BCUT2D eigenvalue weighted by atomic mass is 9.81. The molecule has 0 fully saturated rings. The van der Waals surface area contributed by atoms with E-state index in [1.807, 2.05) is 12.1 Å². The summed E-state index contributed by atoms with van der Waals surface area (Å²) in [7, 11) is 0. The van der Waals surface area contributed by atoms with Crippen LogP contribution in [0.5, 0.6) is 5.75 Å². The van der Waals surface area contributed by atoms with E-state index in [0.29, 0.717) is 34.8 Å². The molecule has 3 aromatic rings. The molecular formula is C20H20N4O3. The molecule has 0 saturated carbocycles. The fraction of sp³-hybridized carbons (Fsp3) is 0.300. The second-order valence-electron chi connectivity index (χ2n) is 6.83. The summed E-state index contributed by atoms with van der Waals surface area (Å²) in [5, 5.41) is 17.0. The van der Waals surface area contributed by atoms with Gasteiger partial charge in [0.05, 0.1) is 6.20 Å². The van der Waals surface area contributed by atoms with Crippen molar-refractivity contribution in [1.82, 2.24) is 15.1 Å². The molecule has 1 aliphatic rings. The van der Waals surface area contributed by atoms with E-state index < -0.39 is 0 Å². The lowest BCUT2D eigenvalue weighted by molar-refractivity contribution is 0.0946. The molecule has 0 spiro atoms. The Kier molecular flexibility index (Phi) is 4.14. The molecule has 1 aromatic carbocycles. The lowest BCUT2D eigenvalue weighted by Gasteiger charge is -2.38. The molecule has 0 bridgehead atoms. The first-order valence-corrected chi connectivity index (χ1v) is 8.97. The number of nitrogens with one attached hydrogen (secondary N) is 1. The zero-order valence-corrected chi connectivity index (χ0v) is 15.2. The van der Waals surface area contributed by atoms with Crippen LogP contribution in [0.4, 0.5) is 5.69 Å². The quantitative estimate of drug-likeness (QED) is 0.720. The standard InChI is InChI=1S/C20H20N4O3/c1-3-20(4-2)9-17(26)15-8-12(5-6-16(15)23-20)19-22-18(24-27-19)13-7-14(25)11-21-10-13/h5-8,10-11,23,25H,3-4,9H2,1-2H3. The minimum Gasteiger partial charge on any atom is -0.506 e. The van der Waals surface area contributed by atoms with Crippen LogP contribution in [0.3, 0.4) is 0 Å². The minimum absolute atomic E-state index is 0.0274. The summed E-state index contributed by atoms with van der Waals surface area (Å²) in [5.74, 6) is 0.782. The Morgan fingerprint density at radius 1 is 1.19 bits per heavy atom. The number of anilines is 1. The van der Waals surface area contributed by atoms with Crippen molar-refractivity contribution in [2.45, 2.75) is 38.6 Å². The first kappa shape index (κ1) is 17.2. The lowest BCUT2D eigenvalue weighted by Crippen LogP contribution is -2.43. The van der Waals surface area contributed by atoms with Gasteiger partial charge in [0.15, 0.2) is 5.78 Å².